The van der Waals surface area contributed by atoms with E-state index in [0.29, 0.717) is 0 Å². The van der Waals surface area contributed by atoms with Crippen LogP contribution >= 0.6 is 0 Å². The van der Waals surface area contributed by atoms with Crippen LogP contribution in [-0.2, 0) is 29.9 Å². The van der Waals surface area contributed by atoms with Crippen LogP contribution in [0.2, 0.25) is 0 Å². The molecule has 74 valence electrons. The molecule has 2 unspecified atom stereocenters. The smallest absolute Gasteiger partial charge is 0.400 e. The topological polar surface area (TPSA) is 75.7 Å². The lowest BCUT2D eigenvalue weighted by atomic mass is 10.4. The first-order valence-electron chi connectivity index (χ1n) is 3.39. The highest BCUT2D eigenvalue weighted by molar-refractivity contribution is 7.91. The van der Waals surface area contributed by atoms with Crippen LogP contribution in [0.15, 0.2) is 0 Å². The molecule has 0 bridgehead atoms. The highest BCUT2D eigenvalue weighted by Gasteiger charge is 2.33. The molecular weight excluding hydrogens is 216 g/mol. The van der Waals surface area contributed by atoms with Crippen molar-refractivity contribution in [2.45, 2.75) is 6.10 Å². The molecular formula is C6H8O5S2. The van der Waals surface area contributed by atoms with Crippen molar-refractivity contribution >= 4 is 21.6 Å². The van der Waals surface area contributed by atoms with Gasteiger partial charge < -0.3 is 4.55 Å². The summed E-state index contributed by atoms with van der Waals surface area (Å²) in [6.07, 6.45) is 4.26. The number of rotatable bonds is 3. The molecule has 1 rings (SSSR count). The second kappa shape index (κ2) is 4.30. The zero-order valence-electron chi connectivity index (χ0n) is 6.63. The number of terminal acetylenes is 1. The Morgan fingerprint density at radius 2 is 2.38 bits per heavy atom. The molecule has 0 aromatic heterocycles. The summed E-state index contributed by atoms with van der Waals surface area (Å²) in [5, 5.41) is 0. The van der Waals surface area contributed by atoms with Crippen LogP contribution in [0, 0.1) is 12.3 Å². The van der Waals surface area contributed by atoms with Gasteiger partial charge in [-0.15, -0.1) is 6.42 Å². The standard InChI is InChI=1S/C6H8O5S2/c1-2-3-12(7)5-6-4-10-13(8,9)11-6/h1,6H,3-5H2. The van der Waals surface area contributed by atoms with Gasteiger partial charge in [0.1, 0.15) is 18.5 Å². The zero-order chi connectivity index (χ0) is 9.90. The highest BCUT2D eigenvalue weighted by atomic mass is 32.3. The van der Waals surface area contributed by atoms with Gasteiger partial charge in [-0.2, -0.15) is 8.42 Å². The molecule has 0 radical (unpaired) electrons. The van der Waals surface area contributed by atoms with Crippen molar-refractivity contribution in [3.63, 3.8) is 0 Å². The fourth-order valence-electron chi connectivity index (χ4n) is 0.817. The average molecular weight is 224 g/mol. The third-order valence-electron chi connectivity index (χ3n) is 1.27. The fraction of sp³-hybridized carbons (Fsp3) is 0.667. The zero-order valence-corrected chi connectivity index (χ0v) is 8.27. The lowest BCUT2D eigenvalue weighted by molar-refractivity contribution is 0.260. The molecule has 0 aliphatic carbocycles. The normalized spacial score (nSPS) is 28.2. The van der Waals surface area contributed by atoms with E-state index in [1.54, 1.807) is 0 Å². The number of hydrogen-bond donors (Lipinski definition) is 0. The van der Waals surface area contributed by atoms with Crippen LogP contribution in [0.4, 0.5) is 0 Å². The Hall–Kier alpha value is -0.260. The molecule has 2 atom stereocenters. The maximum absolute atomic E-state index is 11.0. The number of hydrogen-bond acceptors (Lipinski definition) is 5. The minimum atomic E-state index is -3.84. The molecule has 1 aliphatic heterocycles. The Kier molecular flexibility index (Phi) is 3.58. The Bertz CT molecular complexity index is 303. The van der Waals surface area contributed by atoms with Crippen molar-refractivity contribution in [1.82, 2.24) is 0 Å². The van der Waals surface area contributed by atoms with E-state index in [1.807, 2.05) is 0 Å². The van der Waals surface area contributed by atoms with Crippen molar-refractivity contribution in [2.24, 2.45) is 0 Å². The van der Waals surface area contributed by atoms with Crippen molar-refractivity contribution in [3.05, 3.63) is 0 Å². The van der Waals surface area contributed by atoms with E-state index in [4.69, 9.17) is 6.42 Å². The van der Waals surface area contributed by atoms with Gasteiger partial charge in [0.25, 0.3) is 0 Å². The minimum Gasteiger partial charge on any atom is -0.616 e. The second-order valence-corrected chi connectivity index (χ2v) is 5.11. The summed E-state index contributed by atoms with van der Waals surface area (Å²) in [7, 11) is -3.84. The molecule has 0 aromatic rings. The first-order valence-corrected chi connectivity index (χ1v) is 6.22. The third kappa shape index (κ3) is 3.54. The molecule has 0 amide bonds. The molecule has 1 aliphatic rings. The Morgan fingerprint density at radius 3 is 2.85 bits per heavy atom. The maximum Gasteiger partial charge on any atom is 0.400 e. The van der Waals surface area contributed by atoms with Crippen LogP contribution in [0.25, 0.3) is 0 Å². The van der Waals surface area contributed by atoms with Crippen LogP contribution in [0.1, 0.15) is 0 Å². The molecule has 1 heterocycles. The van der Waals surface area contributed by atoms with Gasteiger partial charge in [-0.05, 0) is 11.2 Å². The molecule has 0 aromatic carbocycles. The largest absolute Gasteiger partial charge is 0.616 e. The molecule has 1 saturated heterocycles. The van der Waals surface area contributed by atoms with Gasteiger partial charge in [0.05, 0.1) is 0 Å². The minimum absolute atomic E-state index is 0.0847. The molecule has 13 heavy (non-hydrogen) atoms. The molecule has 1 fully saturated rings. The summed E-state index contributed by atoms with van der Waals surface area (Å²) in [5.74, 6) is 2.40. The molecule has 5 nitrogen and oxygen atoms in total. The van der Waals surface area contributed by atoms with E-state index >= 15 is 0 Å². The van der Waals surface area contributed by atoms with Gasteiger partial charge in [-0.25, -0.2) is 8.37 Å². The van der Waals surface area contributed by atoms with Gasteiger partial charge in [-0.1, -0.05) is 5.92 Å². The Morgan fingerprint density at radius 1 is 1.69 bits per heavy atom. The molecule has 0 N–H and O–H groups in total. The van der Waals surface area contributed by atoms with E-state index in [1.165, 1.54) is 0 Å². The summed E-state index contributed by atoms with van der Waals surface area (Å²) in [4.78, 5) is 0. The third-order valence-corrected chi connectivity index (χ3v) is 3.43. The van der Waals surface area contributed by atoms with Crippen LogP contribution < -0.4 is 0 Å². The molecule has 0 saturated carbocycles. The monoisotopic (exact) mass is 224 g/mol. The summed E-state index contributed by atoms with van der Waals surface area (Å²) >= 11 is -1.25. The second-order valence-electron chi connectivity index (χ2n) is 2.37. The van der Waals surface area contributed by atoms with Crippen molar-refractivity contribution in [1.29, 1.82) is 0 Å². The highest BCUT2D eigenvalue weighted by Crippen LogP contribution is 2.14. The lowest BCUT2D eigenvalue weighted by Crippen LogP contribution is -2.24. The van der Waals surface area contributed by atoms with Crippen molar-refractivity contribution in [2.75, 3.05) is 18.1 Å². The molecule has 0 spiro atoms. The van der Waals surface area contributed by atoms with Gasteiger partial charge in [0, 0.05) is 0 Å². The summed E-state index contributed by atoms with van der Waals surface area (Å²) in [5.41, 5.74) is 0. The quantitative estimate of drug-likeness (QED) is 0.455. The van der Waals surface area contributed by atoms with Gasteiger partial charge in [-0.3, -0.25) is 0 Å². The van der Waals surface area contributed by atoms with Crippen LogP contribution in [0.3, 0.4) is 0 Å². The van der Waals surface area contributed by atoms with Crippen LogP contribution in [0.5, 0.6) is 0 Å². The first kappa shape index (κ1) is 10.8. The predicted molar refractivity (Wildman–Crippen MR) is 46.5 cm³/mol. The Balaban J connectivity index is 2.37. The maximum atomic E-state index is 11.0. The summed E-state index contributed by atoms with van der Waals surface area (Å²) < 4.78 is 41.0. The molecule has 7 heteroatoms. The summed E-state index contributed by atoms with van der Waals surface area (Å²) in [6.45, 7) is -0.0847. The van der Waals surface area contributed by atoms with Crippen molar-refractivity contribution < 1.29 is 21.3 Å². The van der Waals surface area contributed by atoms with Crippen molar-refractivity contribution in [3.8, 4) is 12.3 Å². The van der Waals surface area contributed by atoms with E-state index in [2.05, 4.69) is 14.3 Å². The SMILES string of the molecule is C#CC[S+]([O-])CC1COS(=O)(=O)O1. The summed E-state index contributed by atoms with van der Waals surface area (Å²) in [6, 6.07) is 0. The van der Waals surface area contributed by atoms with E-state index in [9.17, 15) is 13.0 Å². The van der Waals surface area contributed by atoms with Gasteiger partial charge in [0.2, 0.25) is 0 Å². The Labute approximate surface area is 79.9 Å². The van der Waals surface area contributed by atoms with E-state index in [-0.39, 0.29) is 18.1 Å². The van der Waals surface area contributed by atoms with E-state index in [0.717, 1.165) is 0 Å². The average Bonchev–Trinajstić information content (AvgIpc) is 2.30. The van der Waals surface area contributed by atoms with E-state index < -0.39 is 27.7 Å². The lowest BCUT2D eigenvalue weighted by Gasteiger charge is -2.09. The van der Waals surface area contributed by atoms with Gasteiger partial charge in [0.15, 0.2) is 5.75 Å². The predicted octanol–water partition coefficient (Wildman–Crippen LogP) is -0.971. The van der Waals surface area contributed by atoms with Gasteiger partial charge >= 0.3 is 10.4 Å². The fourth-order valence-corrected chi connectivity index (χ4v) is 2.62. The first-order chi connectivity index (χ1) is 6.03. The van der Waals surface area contributed by atoms with Crippen LogP contribution in [-0.4, -0.2) is 37.2 Å².